The summed E-state index contributed by atoms with van der Waals surface area (Å²) in [5.41, 5.74) is 1.73. The summed E-state index contributed by atoms with van der Waals surface area (Å²) in [6.07, 6.45) is 3.45. The zero-order chi connectivity index (χ0) is 9.84. The van der Waals surface area contributed by atoms with Crippen molar-refractivity contribution in [3.8, 4) is 0 Å². The summed E-state index contributed by atoms with van der Waals surface area (Å²) >= 11 is 0. The normalized spacial score (nSPS) is 23.4. The molecule has 0 spiro atoms. The van der Waals surface area contributed by atoms with Crippen LogP contribution in [0.2, 0.25) is 0 Å². The summed E-state index contributed by atoms with van der Waals surface area (Å²) in [6, 6.07) is 0.198. The highest BCUT2D eigenvalue weighted by Crippen LogP contribution is 2.25. The van der Waals surface area contributed by atoms with E-state index in [1.807, 2.05) is 13.8 Å². The first kappa shape index (κ1) is 10.4. The van der Waals surface area contributed by atoms with Crippen molar-refractivity contribution in [2.24, 2.45) is 4.99 Å². The van der Waals surface area contributed by atoms with Crippen LogP contribution in [0.25, 0.3) is 0 Å². The molecule has 0 N–H and O–H groups in total. The van der Waals surface area contributed by atoms with Gasteiger partial charge in [-0.1, -0.05) is 20.3 Å². The number of hydrogen-bond acceptors (Lipinski definition) is 1. The largest absolute Gasteiger partial charge is 0.286 e. The fourth-order valence-electron chi connectivity index (χ4n) is 1.74. The van der Waals surface area contributed by atoms with E-state index in [-0.39, 0.29) is 11.9 Å². The first-order valence-electron chi connectivity index (χ1n) is 5.11. The third kappa shape index (κ3) is 2.39. The molecule has 1 aliphatic rings. The molecule has 74 valence electrons. The van der Waals surface area contributed by atoms with Crippen molar-refractivity contribution in [2.75, 3.05) is 0 Å². The van der Waals surface area contributed by atoms with Gasteiger partial charge in [0.25, 0.3) is 0 Å². The molecule has 0 aromatic heterocycles. The first-order chi connectivity index (χ1) is 6.19. The van der Waals surface area contributed by atoms with Gasteiger partial charge in [-0.05, 0) is 19.8 Å². The lowest BCUT2D eigenvalue weighted by atomic mass is 9.98. The molecule has 0 fully saturated rings. The van der Waals surface area contributed by atoms with Crippen LogP contribution in [0.15, 0.2) is 16.4 Å². The summed E-state index contributed by atoms with van der Waals surface area (Å²) in [7, 11) is 0. The molecule has 2 heteroatoms. The van der Waals surface area contributed by atoms with Gasteiger partial charge in [0, 0.05) is 17.7 Å². The van der Waals surface area contributed by atoms with Crippen LogP contribution in [0.1, 0.15) is 46.5 Å². The van der Waals surface area contributed by atoms with Gasteiger partial charge in [0.2, 0.25) is 0 Å². The topological polar surface area (TPSA) is 12.4 Å². The van der Waals surface area contributed by atoms with Crippen LogP contribution in [-0.2, 0) is 0 Å². The molecule has 1 unspecified atom stereocenters. The molecule has 0 radical (unpaired) electrons. The van der Waals surface area contributed by atoms with Crippen LogP contribution in [0, 0.1) is 0 Å². The maximum Gasteiger partial charge on any atom is 0.107 e. The molecule has 0 bridgehead atoms. The summed E-state index contributed by atoms with van der Waals surface area (Å²) in [5.74, 6) is 0.0466. The van der Waals surface area contributed by atoms with E-state index in [1.54, 1.807) is 0 Å². The number of aliphatic imine (C=N–C) groups is 1. The Labute approximate surface area is 79.8 Å². The zero-order valence-corrected chi connectivity index (χ0v) is 8.73. The predicted octanol–water partition coefficient (Wildman–Crippen LogP) is 3.65. The van der Waals surface area contributed by atoms with Crippen molar-refractivity contribution < 1.29 is 4.39 Å². The second-order valence-corrected chi connectivity index (χ2v) is 3.61. The quantitative estimate of drug-likeness (QED) is 0.633. The molecule has 1 atom stereocenters. The van der Waals surface area contributed by atoms with Crippen LogP contribution in [-0.4, -0.2) is 11.8 Å². The first-order valence-corrected chi connectivity index (χ1v) is 5.11. The molecule has 0 aromatic carbocycles. The van der Waals surface area contributed by atoms with Crippen LogP contribution in [0.4, 0.5) is 4.39 Å². The van der Waals surface area contributed by atoms with Gasteiger partial charge in [0.15, 0.2) is 0 Å². The average Bonchev–Trinajstić information content (AvgIpc) is 2.11. The fourth-order valence-corrected chi connectivity index (χ4v) is 1.74. The fraction of sp³-hybridized carbons (Fsp3) is 0.727. The summed E-state index contributed by atoms with van der Waals surface area (Å²) in [4.78, 5) is 4.54. The molecular formula is C11H18FN. The lowest BCUT2D eigenvalue weighted by Gasteiger charge is -2.19. The Kier molecular flexibility index (Phi) is 3.64. The van der Waals surface area contributed by atoms with Gasteiger partial charge in [0.05, 0.1) is 6.04 Å². The van der Waals surface area contributed by atoms with E-state index in [1.165, 1.54) is 0 Å². The van der Waals surface area contributed by atoms with Gasteiger partial charge in [-0.25, -0.2) is 4.39 Å². The predicted molar refractivity (Wildman–Crippen MR) is 54.8 cm³/mol. The lowest BCUT2D eigenvalue weighted by Crippen LogP contribution is -2.16. The second-order valence-electron chi connectivity index (χ2n) is 3.61. The summed E-state index contributed by atoms with van der Waals surface area (Å²) < 4.78 is 13.4. The van der Waals surface area contributed by atoms with E-state index in [4.69, 9.17) is 0 Å². The van der Waals surface area contributed by atoms with E-state index < -0.39 is 0 Å². The molecule has 1 nitrogen and oxygen atoms in total. The van der Waals surface area contributed by atoms with Gasteiger partial charge >= 0.3 is 0 Å². The van der Waals surface area contributed by atoms with Crippen LogP contribution in [0.5, 0.6) is 0 Å². The van der Waals surface area contributed by atoms with Crippen LogP contribution >= 0.6 is 0 Å². The molecule has 0 aliphatic carbocycles. The molecule has 0 amide bonds. The van der Waals surface area contributed by atoms with Crippen molar-refractivity contribution in [1.82, 2.24) is 0 Å². The third-order valence-corrected chi connectivity index (χ3v) is 2.55. The van der Waals surface area contributed by atoms with Gasteiger partial charge in [-0.2, -0.15) is 0 Å². The second kappa shape index (κ2) is 4.54. The average molecular weight is 183 g/mol. The van der Waals surface area contributed by atoms with E-state index in [9.17, 15) is 4.39 Å². The molecule has 0 saturated carbocycles. The highest BCUT2D eigenvalue weighted by atomic mass is 19.1. The third-order valence-electron chi connectivity index (χ3n) is 2.55. The molecular weight excluding hydrogens is 165 g/mol. The Morgan fingerprint density at radius 1 is 1.46 bits per heavy atom. The van der Waals surface area contributed by atoms with E-state index in [0.29, 0.717) is 6.42 Å². The summed E-state index contributed by atoms with van der Waals surface area (Å²) in [5, 5.41) is 0. The smallest absolute Gasteiger partial charge is 0.107 e. The van der Waals surface area contributed by atoms with Gasteiger partial charge in [0.1, 0.15) is 5.83 Å². The molecule has 1 heterocycles. The zero-order valence-electron chi connectivity index (χ0n) is 8.73. The van der Waals surface area contributed by atoms with Crippen molar-refractivity contribution >= 4 is 5.71 Å². The minimum Gasteiger partial charge on any atom is -0.286 e. The Morgan fingerprint density at radius 3 is 2.69 bits per heavy atom. The molecule has 13 heavy (non-hydrogen) atoms. The minimum atomic E-state index is 0.0466. The maximum absolute atomic E-state index is 13.4. The Bertz CT molecular complexity index is 240. The van der Waals surface area contributed by atoms with Crippen molar-refractivity contribution in [1.29, 1.82) is 0 Å². The maximum atomic E-state index is 13.4. The Hall–Kier alpha value is -0.660. The number of allylic oxidation sites excluding steroid dienone is 1. The molecule has 1 rings (SSSR count). The number of rotatable bonds is 3. The molecule has 0 saturated heterocycles. The van der Waals surface area contributed by atoms with Crippen molar-refractivity contribution in [3.63, 3.8) is 0 Å². The molecule has 1 aliphatic heterocycles. The number of nitrogens with zero attached hydrogens (tertiary/aromatic N) is 1. The molecule has 0 aromatic rings. The SMILES string of the molecule is CCCC1CC(F)=C(C)C(CC)=N1. The highest BCUT2D eigenvalue weighted by Gasteiger charge is 2.19. The Morgan fingerprint density at radius 2 is 2.15 bits per heavy atom. The van der Waals surface area contributed by atoms with Crippen molar-refractivity contribution in [3.05, 3.63) is 11.4 Å². The van der Waals surface area contributed by atoms with Gasteiger partial charge in [-0.3, -0.25) is 4.99 Å². The highest BCUT2D eigenvalue weighted by molar-refractivity contribution is 6.00. The van der Waals surface area contributed by atoms with Crippen LogP contribution in [0.3, 0.4) is 0 Å². The van der Waals surface area contributed by atoms with E-state index >= 15 is 0 Å². The Balaban J connectivity index is 2.76. The minimum absolute atomic E-state index is 0.0466. The summed E-state index contributed by atoms with van der Waals surface area (Å²) in [6.45, 7) is 5.98. The number of hydrogen-bond donors (Lipinski definition) is 0. The van der Waals surface area contributed by atoms with E-state index in [0.717, 1.165) is 30.5 Å². The van der Waals surface area contributed by atoms with Crippen molar-refractivity contribution in [2.45, 2.75) is 52.5 Å². The van der Waals surface area contributed by atoms with Crippen LogP contribution < -0.4 is 0 Å². The lowest BCUT2D eigenvalue weighted by molar-refractivity contribution is 0.499. The van der Waals surface area contributed by atoms with E-state index in [2.05, 4.69) is 11.9 Å². The monoisotopic (exact) mass is 183 g/mol. The number of halogens is 1. The number of dihydropyridines is 1. The van der Waals surface area contributed by atoms with Gasteiger partial charge < -0.3 is 0 Å². The van der Waals surface area contributed by atoms with Gasteiger partial charge in [-0.15, -0.1) is 0 Å². The standard InChI is InChI=1S/C11H18FN/c1-4-6-9-7-10(12)8(3)11(5-2)13-9/h9H,4-7H2,1-3H3.